The SMILES string of the molecule is C[C@H]1CCCN(C[C@@H](O)c2ccc3c(c2)CCCN3C(=O)C2CC2)C1. The summed E-state index contributed by atoms with van der Waals surface area (Å²) in [6.45, 7) is 6.04. The maximum absolute atomic E-state index is 12.5. The lowest BCUT2D eigenvalue weighted by Crippen LogP contribution is -2.37. The Hall–Kier alpha value is -1.39. The number of aliphatic hydroxyl groups excluding tert-OH is 1. The molecule has 2 heterocycles. The second-order valence-electron chi connectivity index (χ2n) is 8.28. The molecule has 1 saturated heterocycles. The zero-order valence-corrected chi connectivity index (χ0v) is 15.3. The highest BCUT2D eigenvalue weighted by Gasteiger charge is 2.35. The van der Waals surface area contributed by atoms with Gasteiger partial charge in [-0.1, -0.05) is 19.1 Å². The lowest BCUT2D eigenvalue weighted by Gasteiger charge is -2.33. The summed E-state index contributed by atoms with van der Waals surface area (Å²) in [7, 11) is 0. The summed E-state index contributed by atoms with van der Waals surface area (Å²) in [6.07, 6.45) is 6.22. The van der Waals surface area contributed by atoms with E-state index in [1.165, 1.54) is 18.4 Å². The number of carbonyl (C=O) groups is 1. The predicted octanol–water partition coefficient (Wildman–Crippen LogP) is 3.14. The number of hydrogen-bond acceptors (Lipinski definition) is 3. The van der Waals surface area contributed by atoms with Crippen molar-refractivity contribution in [2.24, 2.45) is 11.8 Å². The Morgan fingerprint density at radius 1 is 1.24 bits per heavy atom. The highest BCUT2D eigenvalue weighted by atomic mass is 16.3. The van der Waals surface area contributed by atoms with Crippen LogP contribution in [-0.4, -0.2) is 42.1 Å². The molecule has 1 amide bonds. The van der Waals surface area contributed by atoms with Crippen LogP contribution in [0.4, 0.5) is 5.69 Å². The van der Waals surface area contributed by atoms with Crippen molar-refractivity contribution >= 4 is 11.6 Å². The molecule has 4 nitrogen and oxygen atoms in total. The number of hydrogen-bond donors (Lipinski definition) is 1. The number of benzene rings is 1. The quantitative estimate of drug-likeness (QED) is 0.914. The van der Waals surface area contributed by atoms with Gasteiger partial charge in [-0.25, -0.2) is 0 Å². The van der Waals surface area contributed by atoms with Crippen LogP contribution in [0.1, 0.15) is 56.3 Å². The van der Waals surface area contributed by atoms with Gasteiger partial charge in [0.25, 0.3) is 0 Å². The normalized spacial score (nSPS) is 25.5. The largest absolute Gasteiger partial charge is 0.387 e. The van der Waals surface area contributed by atoms with E-state index in [1.54, 1.807) is 0 Å². The van der Waals surface area contributed by atoms with Gasteiger partial charge in [-0.15, -0.1) is 0 Å². The van der Waals surface area contributed by atoms with E-state index in [4.69, 9.17) is 0 Å². The molecule has 2 atom stereocenters. The first-order chi connectivity index (χ1) is 12.1. The molecule has 0 aromatic heterocycles. The molecule has 1 saturated carbocycles. The molecule has 2 aliphatic heterocycles. The third kappa shape index (κ3) is 3.75. The fraction of sp³-hybridized carbons (Fsp3) is 0.667. The van der Waals surface area contributed by atoms with Crippen molar-refractivity contribution in [1.29, 1.82) is 0 Å². The maximum atomic E-state index is 12.5. The fourth-order valence-electron chi connectivity index (χ4n) is 4.41. The van der Waals surface area contributed by atoms with Gasteiger partial charge in [0.15, 0.2) is 0 Å². The number of rotatable bonds is 4. The van der Waals surface area contributed by atoms with Crippen LogP contribution in [-0.2, 0) is 11.2 Å². The number of β-amino-alcohol motifs (C(OH)–C–C–N with tert-alkyl or cyclic N) is 1. The average Bonchev–Trinajstić information content (AvgIpc) is 3.45. The summed E-state index contributed by atoms with van der Waals surface area (Å²) in [4.78, 5) is 16.9. The molecule has 4 heteroatoms. The minimum absolute atomic E-state index is 0.261. The first-order valence-electron chi connectivity index (χ1n) is 9.96. The molecule has 0 unspecified atom stereocenters. The lowest BCUT2D eigenvalue weighted by atomic mass is 9.95. The van der Waals surface area contributed by atoms with E-state index < -0.39 is 6.10 Å². The summed E-state index contributed by atoms with van der Waals surface area (Å²) in [5, 5.41) is 10.7. The van der Waals surface area contributed by atoms with Crippen molar-refractivity contribution in [3.05, 3.63) is 29.3 Å². The Kier molecular flexibility index (Phi) is 4.83. The van der Waals surface area contributed by atoms with E-state index >= 15 is 0 Å². The van der Waals surface area contributed by atoms with Gasteiger partial charge in [-0.05, 0) is 68.2 Å². The van der Waals surface area contributed by atoms with Gasteiger partial charge >= 0.3 is 0 Å². The van der Waals surface area contributed by atoms with Crippen LogP contribution in [0.3, 0.4) is 0 Å². The van der Waals surface area contributed by atoms with Crippen molar-refractivity contribution in [2.45, 2.75) is 51.6 Å². The van der Waals surface area contributed by atoms with E-state index in [1.807, 2.05) is 11.0 Å². The van der Waals surface area contributed by atoms with E-state index in [-0.39, 0.29) is 5.92 Å². The van der Waals surface area contributed by atoms with Crippen LogP contribution in [0.5, 0.6) is 0 Å². The standard InChI is InChI=1S/C21H30N2O2/c1-15-4-2-10-22(13-15)14-20(24)18-8-9-19-17(12-18)5-3-11-23(19)21(25)16-6-7-16/h8-9,12,15-16,20,24H,2-7,10-11,13-14H2,1H3/t15-,20+/m0/s1. The molecule has 0 radical (unpaired) electrons. The molecular formula is C21H30N2O2. The highest BCUT2D eigenvalue weighted by molar-refractivity contribution is 5.97. The lowest BCUT2D eigenvalue weighted by molar-refractivity contribution is -0.119. The van der Waals surface area contributed by atoms with Gasteiger partial charge in [0.1, 0.15) is 0 Å². The number of fused-ring (bicyclic) bond motifs is 1. The van der Waals surface area contributed by atoms with E-state index in [0.29, 0.717) is 12.5 Å². The molecule has 3 aliphatic rings. The number of likely N-dealkylation sites (tertiary alicyclic amines) is 1. The molecule has 1 aromatic carbocycles. The summed E-state index contributed by atoms with van der Waals surface area (Å²) in [6, 6.07) is 6.22. The van der Waals surface area contributed by atoms with E-state index in [2.05, 4.69) is 24.0 Å². The van der Waals surface area contributed by atoms with Crippen molar-refractivity contribution in [1.82, 2.24) is 4.90 Å². The molecule has 1 N–H and O–H groups in total. The third-order valence-electron chi connectivity index (χ3n) is 5.97. The van der Waals surface area contributed by atoms with Crippen LogP contribution in [0.25, 0.3) is 0 Å². The average molecular weight is 342 g/mol. The number of aryl methyl sites for hydroxylation is 1. The van der Waals surface area contributed by atoms with Crippen LogP contribution in [0.2, 0.25) is 0 Å². The number of aliphatic hydroxyl groups is 1. The molecule has 4 rings (SSSR count). The predicted molar refractivity (Wildman–Crippen MR) is 99.6 cm³/mol. The van der Waals surface area contributed by atoms with Gasteiger partial charge < -0.3 is 14.9 Å². The number of anilines is 1. The number of nitrogens with zero attached hydrogens (tertiary/aromatic N) is 2. The molecule has 0 spiro atoms. The van der Waals surface area contributed by atoms with Gasteiger partial charge in [0, 0.05) is 31.2 Å². The minimum Gasteiger partial charge on any atom is -0.387 e. The third-order valence-corrected chi connectivity index (χ3v) is 5.97. The fourth-order valence-corrected chi connectivity index (χ4v) is 4.41. The molecule has 1 aliphatic carbocycles. The zero-order valence-electron chi connectivity index (χ0n) is 15.3. The van der Waals surface area contributed by atoms with Crippen molar-refractivity contribution < 1.29 is 9.90 Å². The molecule has 136 valence electrons. The second kappa shape index (κ2) is 7.08. The van der Waals surface area contributed by atoms with Crippen molar-refractivity contribution in [3.8, 4) is 0 Å². The van der Waals surface area contributed by atoms with Crippen molar-refractivity contribution in [3.63, 3.8) is 0 Å². The first-order valence-corrected chi connectivity index (χ1v) is 9.96. The number of carbonyl (C=O) groups excluding carboxylic acids is 1. The van der Waals surface area contributed by atoms with Crippen LogP contribution < -0.4 is 4.90 Å². The Morgan fingerprint density at radius 3 is 2.84 bits per heavy atom. The van der Waals surface area contributed by atoms with Gasteiger partial charge in [0.2, 0.25) is 5.91 Å². The molecule has 2 fully saturated rings. The van der Waals surface area contributed by atoms with Gasteiger partial charge in [0.05, 0.1) is 6.10 Å². The second-order valence-corrected chi connectivity index (χ2v) is 8.28. The summed E-state index contributed by atoms with van der Waals surface area (Å²) >= 11 is 0. The zero-order chi connectivity index (χ0) is 17.4. The molecular weight excluding hydrogens is 312 g/mol. The summed E-state index contributed by atoms with van der Waals surface area (Å²) < 4.78 is 0. The Morgan fingerprint density at radius 2 is 2.08 bits per heavy atom. The Bertz CT molecular complexity index is 641. The molecule has 0 bridgehead atoms. The topological polar surface area (TPSA) is 43.8 Å². The number of piperidine rings is 1. The molecule has 25 heavy (non-hydrogen) atoms. The van der Waals surface area contributed by atoms with Gasteiger partial charge in [-0.3, -0.25) is 4.79 Å². The van der Waals surface area contributed by atoms with Gasteiger partial charge in [-0.2, -0.15) is 0 Å². The van der Waals surface area contributed by atoms with Crippen LogP contribution in [0, 0.1) is 11.8 Å². The summed E-state index contributed by atoms with van der Waals surface area (Å²) in [5.41, 5.74) is 3.30. The van der Waals surface area contributed by atoms with Crippen molar-refractivity contribution in [2.75, 3.05) is 31.1 Å². The van der Waals surface area contributed by atoms with E-state index in [9.17, 15) is 9.90 Å². The maximum Gasteiger partial charge on any atom is 0.230 e. The first kappa shape index (κ1) is 17.0. The van der Waals surface area contributed by atoms with E-state index in [0.717, 1.165) is 62.5 Å². The Labute approximate surface area is 150 Å². The smallest absolute Gasteiger partial charge is 0.230 e. The highest BCUT2D eigenvalue weighted by Crippen LogP contribution is 2.36. The monoisotopic (exact) mass is 342 g/mol. The minimum atomic E-state index is -0.440. The molecule has 1 aromatic rings. The van der Waals surface area contributed by atoms with Crippen LogP contribution >= 0.6 is 0 Å². The summed E-state index contributed by atoms with van der Waals surface area (Å²) in [5.74, 6) is 1.29. The number of amides is 1. The van der Waals surface area contributed by atoms with Crippen LogP contribution in [0.15, 0.2) is 18.2 Å². The Balaban J connectivity index is 1.47.